The predicted molar refractivity (Wildman–Crippen MR) is 82.0 cm³/mol. The number of hydrogen-bond donors (Lipinski definition) is 2. The summed E-state index contributed by atoms with van der Waals surface area (Å²) >= 11 is 6.13. The zero-order valence-electron chi connectivity index (χ0n) is 10.9. The van der Waals surface area contributed by atoms with Gasteiger partial charge in [-0.2, -0.15) is 0 Å². The highest BCUT2D eigenvalue weighted by atomic mass is 35.5. The fourth-order valence-electron chi connectivity index (χ4n) is 1.88. The maximum absolute atomic E-state index is 6.13. The lowest BCUT2D eigenvalue weighted by atomic mass is 10.1. The zero-order chi connectivity index (χ0) is 13.9. The smallest absolute Gasteiger partial charge is 0.175 e. The lowest BCUT2D eigenvalue weighted by Crippen LogP contribution is -2.45. The largest absolute Gasteiger partial charge is 0.281 e. The van der Waals surface area contributed by atoms with E-state index in [9.17, 15) is 0 Å². The summed E-state index contributed by atoms with van der Waals surface area (Å²) in [6.45, 7) is 2.05. The van der Waals surface area contributed by atoms with Crippen LogP contribution in [0, 0.1) is 6.92 Å². The lowest BCUT2D eigenvalue weighted by Gasteiger charge is -2.17. The molecule has 1 aliphatic heterocycles. The van der Waals surface area contributed by atoms with Gasteiger partial charge in [0.05, 0.1) is 5.02 Å². The van der Waals surface area contributed by atoms with Gasteiger partial charge in [-0.3, -0.25) is 10.9 Å². The van der Waals surface area contributed by atoms with E-state index in [1.165, 1.54) is 5.56 Å². The Morgan fingerprint density at radius 2 is 1.50 bits per heavy atom. The predicted octanol–water partition coefficient (Wildman–Crippen LogP) is 2.86. The number of nitrogens with zero attached hydrogens (tertiary/aromatic N) is 2. The molecule has 0 bridgehead atoms. The van der Waals surface area contributed by atoms with E-state index in [4.69, 9.17) is 11.6 Å². The van der Waals surface area contributed by atoms with E-state index >= 15 is 0 Å². The number of hydrazine groups is 1. The molecule has 1 heterocycles. The molecule has 100 valence electrons. The van der Waals surface area contributed by atoms with Crippen LogP contribution in [0.1, 0.15) is 16.7 Å². The van der Waals surface area contributed by atoms with Crippen molar-refractivity contribution in [1.29, 1.82) is 0 Å². The van der Waals surface area contributed by atoms with Gasteiger partial charge < -0.3 is 0 Å². The van der Waals surface area contributed by atoms with E-state index in [-0.39, 0.29) is 0 Å². The van der Waals surface area contributed by atoms with E-state index in [1.807, 2.05) is 55.5 Å². The van der Waals surface area contributed by atoms with Gasteiger partial charge in [-0.25, -0.2) is 0 Å². The summed E-state index contributed by atoms with van der Waals surface area (Å²) < 4.78 is 0. The molecule has 0 aliphatic carbocycles. The first-order valence-corrected chi connectivity index (χ1v) is 6.61. The van der Waals surface area contributed by atoms with Crippen molar-refractivity contribution in [2.45, 2.75) is 6.92 Å². The van der Waals surface area contributed by atoms with Gasteiger partial charge in [-0.1, -0.05) is 53.6 Å². The first-order valence-electron chi connectivity index (χ1n) is 6.23. The second kappa shape index (κ2) is 5.35. The van der Waals surface area contributed by atoms with E-state index in [0.717, 1.165) is 11.1 Å². The molecule has 4 nitrogen and oxygen atoms in total. The Morgan fingerprint density at radius 1 is 0.850 bits per heavy atom. The van der Waals surface area contributed by atoms with Gasteiger partial charge in [0.1, 0.15) is 0 Å². The Balaban J connectivity index is 1.90. The Morgan fingerprint density at radius 3 is 2.15 bits per heavy atom. The van der Waals surface area contributed by atoms with Gasteiger partial charge in [-0.05, 0) is 19.1 Å². The number of benzene rings is 2. The summed E-state index contributed by atoms with van der Waals surface area (Å²) in [6, 6.07) is 15.6. The molecule has 2 aromatic rings. The number of aryl methyl sites for hydroxylation is 1. The van der Waals surface area contributed by atoms with Gasteiger partial charge in [0.15, 0.2) is 11.7 Å². The van der Waals surface area contributed by atoms with Gasteiger partial charge in [0.2, 0.25) is 0 Å². The molecule has 3 rings (SSSR count). The van der Waals surface area contributed by atoms with Crippen LogP contribution in [0.2, 0.25) is 5.02 Å². The highest BCUT2D eigenvalue weighted by Gasteiger charge is 2.13. The highest BCUT2D eigenvalue weighted by Crippen LogP contribution is 2.16. The van der Waals surface area contributed by atoms with Crippen LogP contribution >= 0.6 is 11.6 Å². The molecule has 5 heteroatoms. The Bertz CT molecular complexity index is 689. The van der Waals surface area contributed by atoms with Crippen LogP contribution in [0.5, 0.6) is 0 Å². The van der Waals surface area contributed by atoms with Crippen molar-refractivity contribution < 1.29 is 0 Å². The van der Waals surface area contributed by atoms with E-state index < -0.39 is 0 Å². The average molecular weight is 285 g/mol. The summed E-state index contributed by atoms with van der Waals surface area (Å²) in [7, 11) is 0. The molecule has 0 saturated heterocycles. The Hall–Kier alpha value is -2.33. The maximum Gasteiger partial charge on any atom is 0.175 e. The van der Waals surface area contributed by atoms with E-state index in [1.54, 1.807) is 0 Å². The van der Waals surface area contributed by atoms with Gasteiger partial charge in [-0.15, -0.1) is 10.2 Å². The Labute approximate surface area is 122 Å². The topological polar surface area (TPSA) is 48.8 Å². The van der Waals surface area contributed by atoms with Crippen molar-refractivity contribution in [1.82, 2.24) is 10.9 Å². The quantitative estimate of drug-likeness (QED) is 0.891. The molecule has 20 heavy (non-hydrogen) atoms. The first kappa shape index (κ1) is 12.7. The van der Waals surface area contributed by atoms with Crippen molar-refractivity contribution >= 4 is 23.3 Å². The fourth-order valence-corrected chi connectivity index (χ4v) is 2.11. The Kier molecular flexibility index (Phi) is 3.39. The summed E-state index contributed by atoms with van der Waals surface area (Å²) in [6.07, 6.45) is 0. The van der Waals surface area contributed by atoms with Crippen molar-refractivity contribution in [3.05, 3.63) is 70.2 Å². The van der Waals surface area contributed by atoms with Crippen molar-refractivity contribution in [2.24, 2.45) is 10.2 Å². The van der Waals surface area contributed by atoms with Crippen molar-refractivity contribution in [3.63, 3.8) is 0 Å². The summed E-state index contributed by atoms with van der Waals surface area (Å²) in [5, 5.41) is 9.02. The van der Waals surface area contributed by atoms with Crippen molar-refractivity contribution in [3.8, 4) is 0 Å². The number of rotatable bonds is 2. The van der Waals surface area contributed by atoms with E-state index in [0.29, 0.717) is 16.7 Å². The molecular formula is C15H13ClN4. The summed E-state index contributed by atoms with van der Waals surface area (Å²) in [5.41, 5.74) is 9.06. The fraction of sp³-hybridized carbons (Fsp3) is 0.0667. The molecule has 0 saturated carbocycles. The third-order valence-electron chi connectivity index (χ3n) is 3.00. The molecule has 0 radical (unpaired) electrons. The molecule has 1 aliphatic rings. The second-order valence-electron chi connectivity index (χ2n) is 4.49. The summed E-state index contributed by atoms with van der Waals surface area (Å²) in [4.78, 5) is 0. The van der Waals surface area contributed by atoms with Crippen LogP contribution in [-0.4, -0.2) is 11.7 Å². The van der Waals surface area contributed by atoms with Gasteiger partial charge >= 0.3 is 0 Å². The van der Waals surface area contributed by atoms with Crippen LogP contribution in [0.4, 0.5) is 0 Å². The molecule has 2 aromatic carbocycles. The SMILES string of the molecule is Cc1ccc(C2=NN=C(c3ccccc3Cl)NN2)cc1. The third-order valence-corrected chi connectivity index (χ3v) is 3.33. The minimum absolute atomic E-state index is 0.603. The lowest BCUT2D eigenvalue weighted by molar-refractivity contribution is 0.825. The number of hydrogen-bond acceptors (Lipinski definition) is 4. The maximum atomic E-state index is 6.13. The second-order valence-corrected chi connectivity index (χ2v) is 4.90. The number of amidine groups is 2. The zero-order valence-corrected chi connectivity index (χ0v) is 11.6. The van der Waals surface area contributed by atoms with Gasteiger partial charge in [0.25, 0.3) is 0 Å². The minimum atomic E-state index is 0.603. The van der Waals surface area contributed by atoms with Crippen molar-refractivity contribution in [2.75, 3.05) is 0 Å². The van der Waals surface area contributed by atoms with Crippen LogP contribution in [0.3, 0.4) is 0 Å². The molecule has 2 N–H and O–H groups in total. The van der Waals surface area contributed by atoms with Crippen LogP contribution in [0.15, 0.2) is 58.7 Å². The number of halogens is 1. The molecular weight excluding hydrogens is 272 g/mol. The molecule has 0 spiro atoms. The molecule has 0 fully saturated rings. The standard InChI is InChI=1S/C15H13ClN4/c1-10-6-8-11(9-7-10)14-17-19-15(20-18-14)12-4-2-3-5-13(12)16/h2-9H,1H3,(H,17,18)(H,19,20). The normalized spacial score (nSPS) is 13.9. The third kappa shape index (κ3) is 2.51. The number of nitrogens with one attached hydrogen (secondary N) is 2. The molecule has 0 atom stereocenters. The molecule has 0 aromatic heterocycles. The van der Waals surface area contributed by atoms with E-state index in [2.05, 4.69) is 21.1 Å². The van der Waals surface area contributed by atoms with Gasteiger partial charge in [0, 0.05) is 11.1 Å². The molecule has 0 amide bonds. The van der Waals surface area contributed by atoms with Crippen LogP contribution in [0.25, 0.3) is 0 Å². The first-order chi connectivity index (χ1) is 9.74. The summed E-state index contributed by atoms with van der Waals surface area (Å²) in [5.74, 6) is 1.28. The highest BCUT2D eigenvalue weighted by molar-refractivity contribution is 6.34. The van der Waals surface area contributed by atoms with Crippen LogP contribution < -0.4 is 10.9 Å². The molecule has 0 unspecified atom stereocenters. The minimum Gasteiger partial charge on any atom is -0.281 e. The monoisotopic (exact) mass is 284 g/mol. The van der Waals surface area contributed by atoms with Crippen LogP contribution in [-0.2, 0) is 0 Å². The average Bonchev–Trinajstić information content (AvgIpc) is 2.49.